The van der Waals surface area contributed by atoms with Gasteiger partial charge in [-0.05, 0) is 47.0 Å². The summed E-state index contributed by atoms with van der Waals surface area (Å²) in [6.07, 6.45) is 2.00. The van der Waals surface area contributed by atoms with Crippen molar-refractivity contribution in [2.75, 3.05) is 11.4 Å². The number of hydrogen-bond acceptors (Lipinski definition) is 1. The van der Waals surface area contributed by atoms with Crippen LogP contribution in [-0.4, -0.2) is 12.4 Å². The fourth-order valence-electron chi connectivity index (χ4n) is 1.77. The summed E-state index contributed by atoms with van der Waals surface area (Å²) in [6.45, 7) is 3.05. The van der Waals surface area contributed by atoms with E-state index in [-0.39, 0.29) is 0 Å². The maximum atomic E-state index is 7.82. The molecule has 1 N–H and O–H groups in total. The van der Waals surface area contributed by atoms with E-state index in [1.54, 1.807) is 0 Å². The summed E-state index contributed by atoms with van der Waals surface area (Å²) in [7, 11) is 0. The highest BCUT2D eigenvalue weighted by Crippen LogP contribution is 2.30. The lowest BCUT2D eigenvalue weighted by Crippen LogP contribution is -2.23. The molecule has 3 heteroatoms. The van der Waals surface area contributed by atoms with E-state index in [2.05, 4.69) is 46.0 Å². The van der Waals surface area contributed by atoms with Crippen LogP contribution in [0.15, 0.2) is 22.7 Å². The highest BCUT2D eigenvalue weighted by atomic mass is 79.9. The summed E-state index contributed by atoms with van der Waals surface area (Å²) >= 11 is 3.53. The Bertz CT molecular complexity index is 374. The first-order valence-electron chi connectivity index (χ1n) is 4.79. The number of rotatable bonds is 1. The second-order valence-electron chi connectivity index (χ2n) is 3.66. The van der Waals surface area contributed by atoms with Gasteiger partial charge in [0.2, 0.25) is 0 Å². The third-order valence-electron chi connectivity index (χ3n) is 2.51. The molecule has 2 rings (SSSR count). The lowest BCUT2D eigenvalue weighted by atomic mass is 10.2. The molecule has 0 aromatic heterocycles. The number of aryl methyl sites for hydroxylation is 1. The van der Waals surface area contributed by atoms with Crippen LogP contribution in [0.25, 0.3) is 0 Å². The first-order chi connectivity index (χ1) is 6.68. The van der Waals surface area contributed by atoms with Gasteiger partial charge in [-0.2, -0.15) is 0 Å². The predicted molar refractivity (Wildman–Crippen MR) is 63.2 cm³/mol. The van der Waals surface area contributed by atoms with Gasteiger partial charge in [0.15, 0.2) is 0 Å². The van der Waals surface area contributed by atoms with Gasteiger partial charge in [0.25, 0.3) is 0 Å². The summed E-state index contributed by atoms with van der Waals surface area (Å²) in [5.41, 5.74) is 2.37. The molecule has 1 aliphatic rings. The molecular formula is C11H13BrN2. The van der Waals surface area contributed by atoms with Crippen molar-refractivity contribution in [2.24, 2.45) is 0 Å². The molecule has 0 amide bonds. The van der Waals surface area contributed by atoms with Crippen molar-refractivity contribution in [2.45, 2.75) is 19.8 Å². The van der Waals surface area contributed by atoms with Crippen LogP contribution in [0.1, 0.15) is 18.4 Å². The fraction of sp³-hybridized carbons (Fsp3) is 0.364. The average molecular weight is 253 g/mol. The van der Waals surface area contributed by atoms with Crippen LogP contribution >= 0.6 is 15.9 Å². The lowest BCUT2D eigenvalue weighted by molar-refractivity contribution is 0.955. The highest BCUT2D eigenvalue weighted by Gasteiger charge is 2.20. The monoisotopic (exact) mass is 252 g/mol. The Hall–Kier alpha value is -0.830. The number of anilines is 1. The molecule has 1 saturated heterocycles. The third-order valence-corrected chi connectivity index (χ3v) is 3.18. The van der Waals surface area contributed by atoms with Gasteiger partial charge in [-0.25, -0.2) is 0 Å². The minimum absolute atomic E-state index is 0.733. The van der Waals surface area contributed by atoms with Gasteiger partial charge in [0.1, 0.15) is 5.84 Å². The molecule has 0 unspecified atom stereocenters. The van der Waals surface area contributed by atoms with Crippen LogP contribution in [0, 0.1) is 12.3 Å². The Kier molecular flexibility index (Phi) is 2.59. The van der Waals surface area contributed by atoms with Gasteiger partial charge in [-0.1, -0.05) is 6.07 Å². The van der Waals surface area contributed by atoms with E-state index >= 15 is 0 Å². The van der Waals surface area contributed by atoms with E-state index in [0.29, 0.717) is 0 Å². The van der Waals surface area contributed by atoms with Crippen molar-refractivity contribution < 1.29 is 0 Å². The minimum atomic E-state index is 0.733. The lowest BCUT2D eigenvalue weighted by Gasteiger charge is -2.19. The standard InChI is InChI=1S/C11H13BrN2/c1-8-4-5-9(12)10(7-8)14-6-2-3-11(14)13/h4-5,7,13H,2-3,6H2,1H3. The van der Waals surface area contributed by atoms with Crippen molar-refractivity contribution in [3.63, 3.8) is 0 Å². The zero-order valence-corrected chi connectivity index (χ0v) is 9.76. The van der Waals surface area contributed by atoms with Gasteiger partial charge < -0.3 is 4.90 Å². The number of nitrogens with zero attached hydrogens (tertiary/aromatic N) is 1. The summed E-state index contributed by atoms with van der Waals surface area (Å²) in [5, 5.41) is 7.82. The minimum Gasteiger partial charge on any atom is -0.329 e. The van der Waals surface area contributed by atoms with Crippen LogP contribution in [0.4, 0.5) is 5.69 Å². The van der Waals surface area contributed by atoms with Crippen molar-refractivity contribution >= 4 is 27.5 Å². The fourth-order valence-corrected chi connectivity index (χ4v) is 2.23. The molecule has 1 heterocycles. The quantitative estimate of drug-likeness (QED) is 0.816. The van der Waals surface area contributed by atoms with Crippen LogP contribution < -0.4 is 4.90 Å². The Morgan fingerprint density at radius 2 is 2.21 bits per heavy atom. The molecular weight excluding hydrogens is 240 g/mol. The second kappa shape index (κ2) is 3.73. The highest BCUT2D eigenvalue weighted by molar-refractivity contribution is 9.10. The first kappa shape index (κ1) is 9.71. The van der Waals surface area contributed by atoms with E-state index in [1.165, 1.54) is 5.56 Å². The third kappa shape index (κ3) is 1.69. The van der Waals surface area contributed by atoms with Crippen molar-refractivity contribution in [3.05, 3.63) is 28.2 Å². The first-order valence-corrected chi connectivity index (χ1v) is 5.59. The van der Waals surface area contributed by atoms with Crippen LogP contribution in [0.5, 0.6) is 0 Å². The summed E-state index contributed by atoms with van der Waals surface area (Å²) in [4.78, 5) is 2.08. The molecule has 0 saturated carbocycles. The normalized spacial score (nSPS) is 16.4. The van der Waals surface area contributed by atoms with Gasteiger partial charge in [-0.3, -0.25) is 5.41 Å². The van der Waals surface area contributed by atoms with Crippen LogP contribution in [0.2, 0.25) is 0 Å². The van der Waals surface area contributed by atoms with Crippen molar-refractivity contribution in [3.8, 4) is 0 Å². The Morgan fingerprint density at radius 1 is 1.43 bits per heavy atom. The molecule has 1 aromatic rings. The summed E-state index contributed by atoms with van der Waals surface area (Å²) < 4.78 is 1.08. The molecule has 0 spiro atoms. The number of hydrogen-bond donors (Lipinski definition) is 1. The second-order valence-corrected chi connectivity index (χ2v) is 4.51. The Balaban J connectivity index is 2.39. The van der Waals surface area contributed by atoms with Crippen LogP contribution in [-0.2, 0) is 0 Å². The van der Waals surface area contributed by atoms with Crippen LogP contribution in [0.3, 0.4) is 0 Å². The maximum absolute atomic E-state index is 7.82. The number of benzene rings is 1. The molecule has 2 nitrogen and oxygen atoms in total. The van der Waals surface area contributed by atoms with E-state index in [1.807, 2.05) is 0 Å². The number of halogens is 1. The largest absolute Gasteiger partial charge is 0.329 e. The van der Waals surface area contributed by atoms with Gasteiger partial charge in [-0.15, -0.1) is 0 Å². The van der Waals surface area contributed by atoms with Gasteiger partial charge >= 0.3 is 0 Å². The predicted octanol–water partition coefficient (Wildman–Crippen LogP) is 3.33. The molecule has 1 aromatic carbocycles. The van der Waals surface area contributed by atoms with E-state index < -0.39 is 0 Å². The van der Waals surface area contributed by atoms with E-state index in [9.17, 15) is 0 Å². The molecule has 1 aliphatic heterocycles. The van der Waals surface area contributed by atoms with Gasteiger partial charge in [0, 0.05) is 17.4 Å². The molecule has 14 heavy (non-hydrogen) atoms. The van der Waals surface area contributed by atoms with Crippen molar-refractivity contribution in [1.82, 2.24) is 0 Å². The molecule has 74 valence electrons. The average Bonchev–Trinajstić information content (AvgIpc) is 2.56. The Morgan fingerprint density at radius 3 is 2.86 bits per heavy atom. The molecule has 0 bridgehead atoms. The summed E-state index contributed by atoms with van der Waals surface area (Å²) in [5.74, 6) is 0.733. The SMILES string of the molecule is Cc1ccc(Br)c(N2CCCC2=N)c1. The molecule has 0 radical (unpaired) electrons. The van der Waals surface area contributed by atoms with E-state index in [0.717, 1.165) is 35.4 Å². The zero-order valence-electron chi connectivity index (χ0n) is 8.18. The number of nitrogens with one attached hydrogen (secondary N) is 1. The Labute approximate surface area is 92.6 Å². The van der Waals surface area contributed by atoms with Gasteiger partial charge in [0.05, 0.1) is 5.69 Å². The molecule has 1 fully saturated rings. The smallest absolute Gasteiger partial charge is 0.100 e. The van der Waals surface area contributed by atoms with E-state index in [4.69, 9.17) is 5.41 Å². The number of amidine groups is 1. The zero-order chi connectivity index (χ0) is 10.1. The molecule has 0 atom stereocenters. The summed E-state index contributed by atoms with van der Waals surface area (Å²) in [6, 6.07) is 6.26. The topological polar surface area (TPSA) is 27.1 Å². The maximum Gasteiger partial charge on any atom is 0.100 e. The van der Waals surface area contributed by atoms with Crippen molar-refractivity contribution in [1.29, 1.82) is 5.41 Å². The molecule has 0 aliphatic carbocycles.